The first-order valence-corrected chi connectivity index (χ1v) is 13.5. The molecule has 8 heteroatoms. The number of allylic oxidation sites excluding steroid dienone is 1. The van der Waals surface area contributed by atoms with Gasteiger partial charge in [0.1, 0.15) is 6.79 Å². The molecule has 4 aromatic rings. The van der Waals surface area contributed by atoms with Crippen LogP contribution in [-0.2, 0) is 17.8 Å². The number of hydrogen-bond acceptors (Lipinski definition) is 6. The molecule has 1 aliphatic rings. The minimum atomic E-state index is -0.272. The van der Waals surface area contributed by atoms with E-state index in [0.29, 0.717) is 11.4 Å². The standard InChI is InChI=1S/C28H30N6O.C2H6.CH2O/c1-2-3-7-23-9-10-24(18-30-23)31-28(35)27-25-15-21(8-11-26(25)32-33-27)22-14-20(16-29-17-22)19-34-12-5-4-6-13-34;2*1-2/h2,8-11,14-18H,1,3-7,12-13,19H2,(H,31,35)(H,32,33);1-2H3;1H2. The summed E-state index contributed by atoms with van der Waals surface area (Å²) in [5.74, 6) is -0.272. The summed E-state index contributed by atoms with van der Waals surface area (Å²) in [5.41, 5.74) is 6.03. The molecule has 39 heavy (non-hydrogen) atoms. The van der Waals surface area contributed by atoms with Crippen LogP contribution in [0.4, 0.5) is 5.69 Å². The van der Waals surface area contributed by atoms with E-state index in [1.54, 1.807) is 6.20 Å². The number of nitrogens with zero attached hydrogens (tertiary/aromatic N) is 4. The molecule has 2 N–H and O–H groups in total. The maximum Gasteiger partial charge on any atom is 0.276 e. The lowest BCUT2D eigenvalue weighted by molar-refractivity contribution is -0.0980. The van der Waals surface area contributed by atoms with Crippen LogP contribution in [0, 0.1) is 0 Å². The van der Waals surface area contributed by atoms with Crippen LogP contribution < -0.4 is 5.32 Å². The molecule has 3 aromatic heterocycles. The largest absolute Gasteiger partial charge is 0.319 e. The van der Waals surface area contributed by atoms with Gasteiger partial charge in [-0.1, -0.05) is 32.4 Å². The fourth-order valence-electron chi connectivity index (χ4n) is 4.56. The van der Waals surface area contributed by atoms with E-state index < -0.39 is 0 Å². The number of aryl methyl sites for hydroxylation is 1. The molecular weight excluding hydrogens is 488 g/mol. The number of fused-ring (bicyclic) bond motifs is 1. The molecule has 8 nitrogen and oxygen atoms in total. The summed E-state index contributed by atoms with van der Waals surface area (Å²) >= 11 is 0. The fourth-order valence-corrected chi connectivity index (χ4v) is 4.56. The predicted molar refractivity (Wildman–Crippen MR) is 158 cm³/mol. The number of H-pyrrole nitrogens is 1. The number of nitrogens with one attached hydrogen (secondary N) is 2. The first kappa shape index (κ1) is 29.4. The van der Waals surface area contributed by atoms with Crippen LogP contribution >= 0.6 is 0 Å². The van der Waals surface area contributed by atoms with Crippen molar-refractivity contribution in [1.82, 2.24) is 25.1 Å². The van der Waals surface area contributed by atoms with E-state index in [0.717, 1.165) is 60.2 Å². The van der Waals surface area contributed by atoms with Crippen molar-refractivity contribution in [1.29, 1.82) is 0 Å². The van der Waals surface area contributed by atoms with Crippen LogP contribution in [0.1, 0.15) is 61.3 Å². The topological polar surface area (TPSA) is 104 Å². The molecule has 0 unspecified atom stereocenters. The van der Waals surface area contributed by atoms with Crippen molar-refractivity contribution in [2.45, 2.75) is 52.5 Å². The summed E-state index contributed by atoms with van der Waals surface area (Å²) in [4.78, 5) is 32.4. The second-order valence-electron chi connectivity index (χ2n) is 9.07. The quantitative estimate of drug-likeness (QED) is 0.264. The van der Waals surface area contributed by atoms with Gasteiger partial charge in [-0.25, -0.2) is 0 Å². The third-order valence-electron chi connectivity index (χ3n) is 6.45. The maximum atomic E-state index is 13.0. The molecule has 1 aliphatic heterocycles. The molecule has 1 aromatic carbocycles. The summed E-state index contributed by atoms with van der Waals surface area (Å²) in [5, 5.41) is 10.9. The molecule has 1 saturated heterocycles. The number of carbonyl (C=O) groups is 2. The number of hydrogen-bond donors (Lipinski definition) is 2. The molecule has 0 spiro atoms. The first-order chi connectivity index (χ1) is 19.2. The highest BCUT2D eigenvalue weighted by Crippen LogP contribution is 2.26. The zero-order valence-electron chi connectivity index (χ0n) is 22.9. The van der Waals surface area contributed by atoms with Gasteiger partial charge in [0.15, 0.2) is 5.69 Å². The number of benzene rings is 1. The molecule has 5 rings (SSSR count). The van der Waals surface area contributed by atoms with Crippen LogP contribution in [0.15, 0.2) is 67.6 Å². The van der Waals surface area contributed by atoms with Gasteiger partial charge in [0, 0.05) is 35.6 Å². The minimum absolute atomic E-state index is 0.272. The molecule has 4 heterocycles. The average Bonchev–Trinajstić information content (AvgIpc) is 3.43. The molecule has 0 saturated carbocycles. The Hall–Kier alpha value is -4.17. The number of aromatic nitrogens is 4. The Labute approximate surface area is 230 Å². The Kier molecular flexibility index (Phi) is 11.5. The van der Waals surface area contributed by atoms with Gasteiger partial charge in [-0.15, -0.1) is 6.58 Å². The zero-order chi connectivity index (χ0) is 28.0. The first-order valence-electron chi connectivity index (χ1n) is 13.5. The van der Waals surface area contributed by atoms with Crippen LogP contribution in [0.5, 0.6) is 0 Å². The highest BCUT2D eigenvalue weighted by atomic mass is 16.2. The number of anilines is 1. The number of carbonyl (C=O) groups excluding carboxylic acids is 2. The summed E-state index contributed by atoms with van der Waals surface area (Å²) in [7, 11) is 0. The van der Waals surface area contributed by atoms with Gasteiger partial charge in [-0.2, -0.15) is 5.10 Å². The van der Waals surface area contributed by atoms with Crippen molar-refractivity contribution in [3.63, 3.8) is 0 Å². The SMILES string of the molecule is C=CCCc1ccc(NC(=O)c2n[nH]c3ccc(-c4cncc(CN5CCCCC5)c4)cc23)cn1.C=O.CC. The van der Waals surface area contributed by atoms with E-state index >= 15 is 0 Å². The second-order valence-corrected chi connectivity index (χ2v) is 9.07. The molecule has 1 amide bonds. The van der Waals surface area contributed by atoms with Crippen molar-refractivity contribution >= 4 is 29.3 Å². The smallest absolute Gasteiger partial charge is 0.276 e. The van der Waals surface area contributed by atoms with Crippen molar-refractivity contribution in [2.24, 2.45) is 0 Å². The van der Waals surface area contributed by atoms with Crippen molar-refractivity contribution in [3.8, 4) is 11.1 Å². The number of amides is 1. The van der Waals surface area contributed by atoms with Gasteiger partial charge >= 0.3 is 0 Å². The average molecular weight is 527 g/mol. The Morgan fingerprint density at radius 1 is 1.03 bits per heavy atom. The van der Waals surface area contributed by atoms with Crippen LogP contribution in [0.25, 0.3) is 22.0 Å². The molecular formula is C31H38N6O2. The molecule has 204 valence electrons. The zero-order valence-corrected chi connectivity index (χ0v) is 22.9. The van der Waals surface area contributed by atoms with Crippen molar-refractivity contribution in [2.75, 3.05) is 18.4 Å². The van der Waals surface area contributed by atoms with Crippen LogP contribution in [0.3, 0.4) is 0 Å². The van der Waals surface area contributed by atoms with Gasteiger partial charge < -0.3 is 10.1 Å². The normalized spacial score (nSPS) is 13.0. The van der Waals surface area contributed by atoms with Gasteiger partial charge in [0.05, 0.1) is 17.4 Å². The minimum Gasteiger partial charge on any atom is -0.319 e. The number of rotatable bonds is 8. The molecule has 0 radical (unpaired) electrons. The van der Waals surface area contributed by atoms with Crippen molar-refractivity contribution in [3.05, 3.63) is 84.6 Å². The van der Waals surface area contributed by atoms with Gasteiger partial charge in [0.25, 0.3) is 5.91 Å². The Morgan fingerprint density at radius 2 is 1.82 bits per heavy atom. The van der Waals surface area contributed by atoms with E-state index in [1.165, 1.54) is 24.8 Å². The Morgan fingerprint density at radius 3 is 2.54 bits per heavy atom. The summed E-state index contributed by atoms with van der Waals surface area (Å²) in [6.07, 6.45) is 12.9. The molecule has 1 fully saturated rings. The lowest BCUT2D eigenvalue weighted by Gasteiger charge is -2.26. The van der Waals surface area contributed by atoms with Crippen LogP contribution in [0.2, 0.25) is 0 Å². The van der Waals surface area contributed by atoms with Gasteiger partial charge in [-0.3, -0.25) is 24.8 Å². The molecule has 0 aliphatic carbocycles. The Balaban J connectivity index is 0.00000100. The van der Waals surface area contributed by atoms with E-state index in [-0.39, 0.29) is 5.91 Å². The maximum absolute atomic E-state index is 13.0. The highest BCUT2D eigenvalue weighted by molar-refractivity contribution is 6.11. The fraction of sp³-hybridized carbons (Fsp3) is 0.323. The third-order valence-corrected chi connectivity index (χ3v) is 6.45. The van der Waals surface area contributed by atoms with E-state index in [2.05, 4.69) is 43.0 Å². The molecule has 0 bridgehead atoms. The lowest BCUT2D eigenvalue weighted by atomic mass is 10.0. The summed E-state index contributed by atoms with van der Waals surface area (Å²) in [6, 6.07) is 12.0. The van der Waals surface area contributed by atoms with Crippen LogP contribution in [-0.4, -0.2) is 50.9 Å². The number of piperidine rings is 1. The Bertz CT molecular complexity index is 1340. The second kappa shape index (κ2) is 15.3. The molecule has 0 atom stereocenters. The number of pyridine rings is 2. The van der Waals surface area contributed by atoms with E-state index in [1.807, 2.05) is 69.4 Å². The number of aromatic amines is 1. The van der Waals surface area contributed by atoms with Gasteiger partial charge in [-0.05, 0) is 80.2 Å². The summed E-state index contributed by atoms with van der Waals surface area (Å²) < 4.78 is 0. The van der Waals surface area contributed by atoms with Gasteiger partial charge in [0.2, 0.25) is 0 Å². The predicted octanol–water partition coefficient (Wildman–Crippen LogP) is 6.22. The van der Waals surface area contributed by atoms with Crippen molar-refractivity contribution < 1.29 is 9.59 Å². The third kappa shape index (κ3) is 7.91. The monoisotopic (exact) mass is 526 g/mol. The highest BCUT2D eigenvalue weighted by Gasteiger charge is 2.16. The van der Waals surface area contributed by atoms with E-state index in [4.69, 9.17) is 4.79 Å². The number of likely N-dealkylation sites (tertiary alicyclic amines) is 1. The lowest BCUT2D eigenvalue weighted by Crippen LogP contribution is -2.29. The summed E-state index contributed by atoms with van der Waals surface area (Å²) in [6.45, 7) is 13.0. The van der Waals surface area contributed by atoms with E-state index in [9.17, 15) is 4.79 Å².